The summed E-state index contributed by atoms with van der Waals surface area (Å²) in [6, 6.07) is 0. The first-order chi connectivity index (χ1) is 3.58. The van der Waals surface area contributed by atoms with Crippen LogP contribution in [0.3, 0.4) is 0 Å². The molecular weight excluding hydrogens is 108 g/mol. The van der Waals surface area contributed by atoms with Crippen molar-refractivity contribution in [1.29, 1.82) is 0 Å². The SMILES string of the molecule is CC(O)(O)OC1CC1. The molecule has 1 aliphatic rings. The van der Waals surface area contributed by atoms with Gasteiger partial charge in [0.05, 0.1) is 6.10 Å². The molecule has 0 aliphatic heterocycles. The second-order valence-electron chi connectivity index (χ2n) is 2.25. The lowest BCUT2D eigenvalue weighted by molar-refractivity contribution is -0.329. The Balaban J connectivity index is 2.16. The summed E-state index contributed by atoms with van der Waals surface area (Å²) in [6.07, 6.45) is 2.00. The molecule has 0 bridgehead atoms. The standard InChI is InChI=1S/C5H10O3/c1-5(6,7)8-4-2-3-4/h4,6-7H,2-3H2,1H3. The molecule has 0 radical (unpaired) electrons. The molecule has 0 saturated heterocycles. The number of hydrogen-bond acceptors (Lipinski definition) is 3. The van der Waals surface area contributed by atoms with Crippen LogP contribution in [0, 0.1) is 0 Å². The van der Waals surface area contributed by atoms with Gasteiger partial charge < -0.3 is 14.9 Å². The van der Waals surface area contributed by atoms with Crippen LogP contribution in [0.25, 0.3) is 0 Å². The summed E-state index contributed by atoms with van der Waals surface area (Å²) < 4.78 is 4.66. The van der Waals surface area contributed by atoms with E-state index in [4.69, 9.17) is 10.2 Å². The Morgan fingerprint density at radius 2 is 2.00 bits per heavy atom. The number of ether oxygens (including phenoxy) is 1. The fraction of sp³-hybridized carbons (Fsp3) is 1.00. The van der Waals surface area contributed by atoms with Crippen molar-refractivity contribution in [2.45, 2.75) is 31.8 Å². The predicted octanol–water partition coefficient (Wildman–Crippen LogP) is -0.176. The van der Waals surface area contributed by atoms with E-state index < -0.39 is 5.97 Å². The molecule has 1 rings (SSSR count). The van der Waals surface area contributed by atoms with E-state index in [0.29, 0.717) is 0 Å². The fourth-order valence-corrected chi connectivity index (χ4v) is 0.502. The topological polar surface area (TPSA) is 49.7 Å². The largest absolute Gasteiger partial charge is 0.344 e. The number of rotatable bonds is 2. The minimum Gasteiger partial charge on any atom is -0.344 e. The molecule has 1 fully saturated rings. The van der Waals surface area contributed by atoms with Crippen LogP contribution in [0.15, 0.2) is 0 Å². The maximum Gasteiger partial charge on any atom is 0.275 e. The van der Waals surface area contributed by atoms with Gasteiger partial charge in [0, 0.05) is 6.92 Å². The molecule has 3 nitrogen and oxygen atoms in total. The molecule has 0 atom stereocenters. The van der Waals surface area contributed by atoms with Gasteiger partial charge in [-0.2, -0.15) is 0 Å². The maximum absolute atomic E-state index is 8.56. The van der Waals surface area contributed by atoms with Gasteiger partial charge in [-0.3, -0.25) is 0 Å². The van der Waals surface area contributed by atoms with E-state index >= 15 is 0 Å². The molecular formula is C5H10O3. The molecule has 0 amide bonds. The van der Waals surface area contributed by atoms with Crippen molar-refractivity contribution in [3.05, 3.63) is 0 Å². The lowest BCUT2D eigenvalue weighted by Crippen LogP contribution is -2.27. The molecule has 0 aromatic rings. The van der Waals surface area contributed by atoms with Crippen molar-refractivity contribution in [1.82, 2.24) is 0 Å². The Morgan fingerprint density at radius 1 is 1.50 bits per heavy atom. The molecule has 0 aromatic carbocycles. The van der Waals surface area contributed by atoms with Gasteiger partial charge in [0.2, 0.25) is 0 Å². The zero-order valence-electron chi connectivity index (χ0n) is 4.79. The van der Waals surface area contributed by atoms with Gasteiger partial charge in [0.15, 0.2) is 0 Å². The Hall–Kier alpha value is -0.120. The van der Waals surface area contributed by atoms with Crippen LogP contribution in [0.5, 0.6) is 0 Å². The Morgan fingerprint density at radius 3 is 2.12 bits per heavy atom. The third-order valence-corrected chi connectivity index (χ3v) is 0.914. The average Bonchev–Trinajstić information content (AvgIpc) is 2.12. The van der Waals surface area contributed by atoms with Crippen LogP contribution >= 0.6 is 0 Å². The van der Waals surface area contributed by atoms with E-state index in [1.54, 1.807) is 0 Å². The Kier molecular flexibility index (Phi) is 1.27. The smallest absolute Gasteiger partial charge is 0.275 e. The van der Waals surface area contributed by atoms with Crippen LogP contribution in [0.4, 0.5) is 0 Å². The minimum atomic E-state index is -1.92. The van der Waals surface area contributed by atoms with Gasteiger partial charge in [-0.25, -0.2) is 0 Å². The van der Waals surface area contributed by atoms with E-state index in [0.717, 1.165) is 12.8 Å². The molecule has 8 heavy (non-hydrogen) atoms. The molecule has 0 unspecified atom stereocenters. The quantitative estimate of drug-likeness (QED) is 0.495. The van der Waals surface area contributed by atoms with Gasteiger partial charge in [-0.1, -0.05) is 0 Å². The Bertz CT molecular complexity index is 80.2. The zero-order valence-corrected chi connectivity index (χ0v) is 4.79. The lowest BCUT2D eigenvalue weighted by Gasteiger charge is -2.14. The first-order valence-corrected chi connectivity index (χ1v) is 2.70. The van der Waals surface area contributed by atoms with Gasteiger partial charge in [-0.15, -0.1) is 0 Å². The number of hydrogen-bond donors (Lipinski definition) is 2. The van der Waals surface area contributed by atoms with Crippen LogP contribution in [-0.2, 0) is 4.74 Å². The second kappa shape index (κ2) is 1.69. The van der Waals surface area contributed by atoms with Gasteiger partial charge in [0.25, 0.3) is 5.97 Å². The van der Waals surface area contributed by atoms with Crippen molar-refractivity contribution in [2.24, 2.45) is 0 Å². The first-order valence-electron chi connectivity index (χ1n) is 2.70. The van der Waals surface area contributed by atoms with Gasteiger partial charge in [0.1, 0.15) is 0 Å². The normalized spacial score (nSPS) is 21.4. The summed E-state index contributed by atoms with van der Waals surface area (Å²) in [7, 11) is 0. The molecule has 48 valence electrons. The van der Waals surface area contributed by atoms with Gasteiger partial charge >= 0.3 is 0 Å². The lowest BCUT2D eigenvalue weighted by atomic mass is 10.6. The summed E-state index contributed by atoms with van der Waals surface area (Å²) >= 11 is 0. The average molecular weight is 118 g/mol. The molecule has 0 aromatic heterocycles. The Labute approximate surface area is 47.9 Å². The molecule has 2 N–H and O–H groups in total. The highest BCUT2D eigenvalue weighted by Gasteiger charge is 2.30. The van der Waals surface area contributed by atoms with Gasteiger partial charge in [-0.05, 0) is 12.8 Å². The molecule has 1 aliphatic carbocycles. The third kappa shape index (κ3) is 2.26. The summed E-state index contributed by atoms with van der Waals surface area (Å²) in [6.45, 7) is 1.21. The van der Waals surface area contributed by atoms with E-state index in [9.17, 15) is 0 Å². The van der Waals surface area contributed by atoms with Crippen LogP contribution in [0.2, 0.25) is 0 Å². The summed E-state index contributed by atoms with van der Waals surface area (Å²) in [5, 5.41) is 17.1. The predicted molar refractivity (Wildman–Crippen MR) is 26.9 cm³/mol. The van der Waals surface area contributed by atoms with E-state index in [1.807, 2.05) is 0 Å². The van der Waals surface area contributed by atoms with E-state index in [2.05, 4.69) is 4.74 Å². The summed E-state index contributed by atoms with van der Waals surface area (Å²) in [5.74, 6) is -1.92. The van der Waals surface area contributed by atoms with Crippen molar-refractivity contribution in [2.75, 3.05) is 0 Å². The number of aliphatic hydroxyl groups is 2. The van der Waals surface area contributed by atoms with Crippen molar-refractivity contribution < 1.29 is 14.9 Å². The second-order valence-corrected chi connectivity index (χ2v) is 2.25. The maximum atomic E-state index is 8.56. The van der Waals surface area contributed by atoms with E-state index in [1.165, 1.54) is 6.92 Å². The van der Waals surface area contributed by atoms with Crippen molar-refractivity contribution in [3.8, 4) is 0 Å². The van der Waals surface area contributed by atoms with Crippen molar-refractivity contribution in [3.63, 3.8) is 0 Å². The third-order valence-electron chi connectivity index (χ3n) is 0.914. The molecule has 1 saturated carbocycles. The molecule has 0 heterocycles. The monoisotopic (exact) mass is 118 g/mol. The highest BCUT2D eigenvalue weighted by atomic mass is 16.8. The molecule has 3 heteroatoms. The minimum absolute atomic E-state index is 0.0926. The van der Waals surface area contributed by atoms with Crippen LogP contribution < -0.4 is 0 Å². The highest BCUT2D eigenvalue weighted by Crippen LogP contribution is 2.26. The molecule has 0 spiro atoms. The van der Waals surface area contributed by atoms with Crippen LogP contribution in [-0.4, -0.2) is 22.3 Å². The van der Waals surface area contributed by atoms with Crippen LogP contribution in [0.1, 0.15) is 19.8 Å². The fourth-order valence-electron chi connectivity index (χ4n) is 0.502. The first kappa shape index (κ1) is 6.01. The van der Waals surface area contributed by atoms with Crippen molar-refractivity contribution >= 4 is 0 Å². The van der Waals surface area contributed by atoms with E-state index in [-0.39, 0.29) is 6.10 Å². The summed E-state index contributed by atoms with van der Waals surface area (Å²) in [4.78, 5) is 0. The zero-order chi connectivity index (χ0) is 6.20. The summed E-state index contributed by atoms with van der Waals surface area (Å²) in [5.41, 5.74) is 0. The highest BCUT2D eigenvalue weighted by molar-refractivity contribution is 4.73.